The van der Waals surface area contributed by atoms with E-state index in [9.17, 15) is 18.0 Å². The van der Waals surface area contributed by atoms with E-state index in [0.717, 1.165) is 23.6 Å². The summed E-state index contributed by atoms with van der Waals surface area (Å²) in [6.07, 6.45) is 7.15. The van der Waals surface area contributed by atoms with Gasteiger partial charge in [0.2, 0.25) is 5.91 Å². The zero-order valence-electron chi connectivity index (χ0n) is 14.0. The van der Waals surface area contributed by atoms with Crippen LogP contribution in [0.2, 0.25) is 0 Å². The van der Waals surface area contributed by atoms with Gasteiger partial charge in [-0.2, -0.15) is 0 Å². The minimum Gasteiger partial charge on any atom is -0.352 e. The maximum absolute atomic E-state index is 12.4. The number of amides is 2. The highest BCUT2D eigenvalue weighted by atomic mass is 32.2. The highest BCUT2D eigenvalue weighted by molar-refractivity contribution is 7.90. The lowest BCUT2D eigenvalue weighted by Gasteiger charge is -2.15. The number of nitrogens with one attached hydrogen (secondary N) is 1. The number of carbonyl (C=O) groups excluding carboxylic acids is 2. The Hall–Kier alpha value is -2.15. The molecule has 0 spiro atoms. The Balaban J connectivity index is 1.50. The third-order valence-electron chi connectivity index (χ3n) is 4.57. The van der Waals surface area contributed by atoms with Crippen LogP contribution < -0.4 is 5.32 Å². The first-order chi connectivity index (χ1) is 12.0. The molecule has 134 valence electrons. The first kappa shape index (κ1) is 17.7. The number of sulfonamides is 1. The maximum Gasteiger partial charge on any atom is 0.269 e. The fourth-order valence-electron chi connectivity index (χ4n) is 3.20. The molecule has 0 unspecified atom stereocenters. The van der Waals surface area contributed by atoms with E-state index in [1.807, 2.05) is 0 Å². The summed E-state index contributed by atoms with van der Waals surface area (Å²) >= 11 is 0. The molecule has 3 rings (SSSR count). The molecule has 1 aromatic rings. The Labute approximate surface area is 148 Å². The van der Waals surface area contributed by atoms with Gasteiger partial charge >= 0.3 is 0 Å². The van der Waals surface area contributed by atoms with E-state index in [-0.39, 0.29) is 29.3 Å². The zero-order chi connectivity index (χ0) is 17.9. The molecule has 1 aliphatic heterocycles. The Bertz CT molecular complexity index is 814. The lowest BCUT2D eigenvalue weighted by molar-refractivity contribution is -0.121. The van der Waals surface area contributed by atoms with E-state index in [1.165, 1.54) is 24.1 Å². The lowest BCUT2D eigenvalue weighted by atomic mass is 10.00. The minimum atomic E-state index is -3.78. The molecule has 0 fully saturated rings. The van der Waals surface area contributed by atoms with Crippen molar-refractivity contribution in [1.82, 2.24) is 9.62 Å². The molecular weight excluding hydrogens is 340 g/mol. The van der Waals surface area contributed by atoms with Crippen LogP contribution in [0.3, 0.4) is 0 Å². The van der Waals surface area contributed by atoms with Crippen LogP contribution in [0, 0.1) is 0 Å². The van der Waals surface area contributed by atoms with Crippen LogP contribution in [0.15, 0.2) is 40.8 Å². The molecule has 0 aromatic heterocycles. The van der Waals surface area contributed by atoms with E-state index in [0.29, 0.717) is 13.0 Å². The number of benzene rings is 1. The van der Waals surface area contributed by atoms with Gasteiger partial charge in [-0.1, -0.05) is 23.8 Å². The monoisotopic (exact) mass is 362 g/mol. The van der Waals surface area contributed by atoms with Gasteiger partial charge < -0.3 is 5.32 Å². The Morgan fingerprint density at radius 2 is 2.00 bits per heavy atom. The SMILES string of the molecule is O=C(CCCN1C(=O)c2ccccc2S1(=O)=O)NCC1=CCCCC1. The van der Waals surface area contributed by atoms with Gasteiger partial charge in [0.05, 0.1) is 5.56 Å². The van der Waals surface area contributed by atoms with E-state index < -0.39 is 15.9 Å². The molecule has 0 bridgehead atoms. The summed E-state index contributed by atoms with van der Waals surface area (Å²) < 4.78 is 25.7. The zero-order valence-corrected chi connectivity index (χ0v) is 14.8. The van der Waals surface area contributed by atoms with Gasteiger partial charge in [0, 0.05) is 19.5 Å². The molecule has 1 heterocycles. The molecule has 25 heavy (non-hydrogen) atoms. The van der Waals surface area contributed by atoms with E-state index in [2.05, 4.69) is 11.4 Å². The van der Waals surface area contributed by atoms with E-state index >= 15 is 0 Å². The van der Waals surface area contributed by atoms with E-state index in [4.69, 9.17) is 0 Å². The van der Waals surface area contributed by atoms with Gasteiger partial charge in [0.1, 0.15) is 4.90 Å². The maximum atomic E-state index is 12.4. The van der Waals surface area contributed by atoms with Crippen LogP contribution in [0.4, 0.5) is 0 Å². The lowest BCUT2D eigenvalue weighted by Crippen LogP contribution is -2.32. The Kier molecular flexibility index (Phi) is 5.22. The van der Waals surface area contributed by atoms with Gasteiger partial charge in [-0.15, -0.1) is 0 Å². The highest BCUT2D eigenvalue weighted by Gasteiger charge is 2.40. The van der Waals surface area contributed by atoms with Gasteiger partial charge in [0.25, 0.3) is 15.9 Å². The van der Waals surface area contributed by atoms with Crippen molar-refractivity contribution in [2.24, 2.45) is 0 Å². The molecule has 1 aromatic carbocycles. The third kappa shape index (κ3) is 3.76. The normalized spacial score (nSPS) is 18.6. The average Bonchev–Trinajstić information content (AvgIpc) is 2.82. The number of carbonyl (C=O) groups is 2. The first-order valence-electron chi connectivity index (χ1n) is 8.61. The van der Waals surface area contributed by atoms with Crippen LogP contribution in [0.5, 0.6) is 0 Å². The molecular formula is C18H22N2O4S. The van der Waals surface area contributed by atoms with Crippen LogP contribution >= 0.6 is 0 Å². The summed E-state index contributed by atoms with van der Waals surface area (Å²) in [4.78, 5) is 24.2. The topological polar surface area (TPSA) is 83.6 Å². The van der Waals surface area contributed by atoms with Crippen LogP contribution in [-0.2, 0) is 14.8 Å². The van der Waals surface area contributed by atoms with Crippen LogP contribution in [0.1, 0.15) is 48.9 Å². The van der Waals surface area contributed by atoms with Gasteiger partial charge in [-0.25, -0.2) is 12.7 Å². The molecule has 2 aliphatic rings. The quantitative estimate of drug-likeness (QED) is 0.787. The highest BCUT2D eigenvalue weighted by Crippen LogP contribution is 2.29. The van der Waals surface area contributed by atoms with Crippen LogP contribution in [-0.4, -0.2) is 37.6 Å². The van der Waals surface area contributed by atoms with Crippen molar-refractivity contribution in [3.05, 3.63) is 41.5 Å². The fourth-order valence-corrected chi connectivity index (χ4v) is 4.81. The van der Waals surface area contributed by atoms with Gasteiger partial charge in [0.15, 0.2) is 0 Å². The van der Waals surface area contributed by atoms with Crippen molar-refractivity contribution in [3.8, 4) is 0 Å². The number of fused-ring (bicyclic) bond motifs is 1. The average molecular weight is 362 g/mol. The Morgan fingerprint density at radius 3 is 2.72 bits per heavy atom. The minimum absolute atomic E-state index is 0.0198. The molecule has 1 N–H and O–H groups in total. The van der Waals surface area contributed by atoms with Crippen molar-refractivity contribution in [3.63, 3.8) is 0 Å². The van der Waals surface area contributed by atoms with Crippen molar-refractivity contribution in [1.29, 1.82) is 0 Å². The van der Waals surface area contributed by atoms with E-state index in [1.54, 1.807) is 12.1 Å². The summed E-state index contributed by atoms with van der Waals surface area (Å²) in [6, 6.07) is 6.19. The number of hydrogen-bond acceptors (Lipinski definition) is 4. The van der Waals surface area contributed by atoms with Gasteiger partial charge in [-0.05, 0) is 44.2 Å². The van der Waals surface area contributed by atoms with Crippen LogP contribution in [0.25, 0.3) is 0 Å². The molecule has 0 saturated heterocycles. The number of hydrogen-bond donors (Lipinski definition) is 1. The molecule has 0 radical (unpaired) electrons. The molecule has 2 amide bonds. The standard InChI is InChI=1S/C18H22N2O4S/c21-17(19-13-14-7-2-1-3-8-14)11-6-12-20-18(22)15-9-4-5-10-16(15)25(20,23)24/h4-5,7,9-10H,1-3,6,8,11-13H2,(H,19,21). The second kappa shape index (κ2) is 7.39. The largest absolute Gasteiger partial charge is 0.352 e. The third-order valence-corrected chi connectivity index (χ3v) is 6.42. The first-order valence-corrected chi connectivity index (χ1v) is 10.0. The van der Waals surface area contributed by atoms with Crippen molar-refractivity contribution in [2.75, 3.05) is 13.1 Å². The Morgan fingerprint density at radius 1 is 1.20 bits per heavy atom. The molecule has 6 nitrogen and oxygen atoms in total. The predicted octanol–water partition coefficient (Wildman–Crippen LogP) is 2.23. The van der Waals surface area contributed by atoms with Crippen molar-refractivity contribution >= 4 is 21.8 Å². The summed E-state index contributed by atoms with van der Waals surface area (Å²) in [7, 11) is -3.78. The predicted molar refractivity (Wildman–Crippen MR) is 93.5 cm³/mol. The molecule has 1 aliphatic carbocycles. The number of allylic oxidation sites excluding steroid dienone is 1. The van der Waals surface area contributed by atoms with Gasteiger partial charge in [-0.3, -0.25) is 9.59 Å². The van der Waals surface area contributed by atoms with Crippen molar-refractivity contribution in [2.45, 2.75) is 43.4 Å². The second-order valence-electron chi connectivity index (χ2n) is 6.37. The summed E-state index contributed by atoms with van der Waals surface area (Å²) in [5.41, 5.74) is 1.46. The second-order valence-corrected chi connectivity index (χ2v) is 8.20. The molecule has 7 heteroatoms. The smallest absolute Gasteiger partial charge is 0.269 e. The fraction of sp³-hybridized carbons (Fsp3) is 0.444. The molecule has 0 saturated carbocycles. The van der Waals surface area contributed by atoms with Crippen molar-refractivity contribution < 1.29 is 18.0 Å². The summed E-state index contributed by atoms with van der Waals surface area (Å²) in [5.74, 6) is -0.628. The summed E-state index contributed by atoms with van der Waals surface area (Å²) in [6.45, 7) is 0.581. The number of nitrogens with zero attached hydrogens (tertiary/aromatic N) is 1. The molecule has 0 atom stereocenters. The summed E-state index contributed by atoms with van der Waals surface area (Å²) in [5, 5.41) is 2.87. The number of rotatable bonds is 6.